The molecule has 2 aromatic rings. The second-order valence-electron chi connectivity index (χ2n) is 5.93. The number of unbranched alkanes of at least 4 members (excludes halogenated alkanes) is 2. The van der Waals surface area contributed by atoms with E-state index in [1.807, 2.05) is 36.4 Å². The van der Waals surface area contributed by atoms with Crippen LogP contribution in [0.4, 0.5) is 0 Å². The van der Waals surface area contributed by atoms with Crippen LogP contribution in [0.3, 0.4) is 0 Å². The third-order valence-corrected chi connectivity index (χ3v) is 4.09. The molecular weight excluding hydrogens is 316 g/mol. The number of aromatic nitrogens is 1. The molecule has 1 aliphatic rings. The Balaban J connectivity index is 1.70. The molecule has 0 amide bonds. The highest BCUT2D eigenvalue weighted by atomic mass is 16.5. The first-order chi connectivity index (χ1) is 12.3. The molecule has 1 aliphatic heterocycles. The minimum Gasteiger partial charge on any atom is -0.493 e. The van der Waals surface area contributed by atoms with E-state index in [-0.39, 0.29) is 6.10 Å². The third-order valence-electron chi connectivity index (χ3n) is 4.09. The van der Waals surface area contributed by atoms with Gasteiger partial charge in [0.05, 0.1) is 26.0 Å². The van der Waals surface area contributed by atoms with Crippen molar-refractivity contribution in [1.82, 2.24) is 4.98 Å². The number of nitrogens with zero attached hydrogens (tertiary/aromatic N) is 2. The Kier molecular flexibility index (Phi) is 5.88. The maximum atomic E-state index is 6.00. The Morgan fingerprint density at radius 3 is 2.84 bits per heavy atom. The first kappa shape index (κ1) is 17.3. The predicted molar refractivity (Wildman–Crippen MR) is 97.5 cm³/mol. The van der Waals surface area contributed by atoms with E-state index < -0.39 is 0 Å². The maximum Gasteiger partial charge on any atom is 0.217 e. The first-order valence-electron chi connectivity index (χ1n) is 8.75. The standard InChI is InChI=1S/C20H24N2O3/c1-3-4-7-12-24-18-13-15(9-10-17(18)23-2)20-22-14-19(25-20)16-8-5-6-11-21-16/h5-6,8-11,13,19H,3-4,7,12,14H2,1-2H3. The van der Waals surface area contributed by atoms with Crippen molar-refractivity contribution in [3.8, 4) is 11.5 Å². The summed E-state index contributed by atoms with van der Waals surface area (Å²) in [4.78, 5) is 8.88. The van der Waals surface area contributed by atoms with Crippen LogP contribution in [-0.4, -0.2) is 31.1 Å². The van der Waals surface area contributed by atoms with Crippen LogP contribution in [-0.2, 0) is 4.74 Å². The highest BCUT2D eigenvalue weighted by molar-refractivity contribution is 5.95. The second kappa shape index (κ2) is 8.51. The second-order valence-corrected chi connectivity index (χ2v) is 5.93. The quantitative estimate of drug-likeness (QED) is 0.677. The van der Waals surface area contributed by atoms with Crippen LogP contribution in [0.25, 0.3) is 0 Å². The molecule has 3 rings (SSSR count). The van der Waals surface area contributed by atoms with E-state index in [1.54, 1.807) is 13.3 Å². The van der Waals surface area contributed by atoms with Gasteiger partial charge >= 0.3 is 0 Å². The smallest absolute Gasteiger partial charge is 0.217 e. The van der Waals surface area contributed by atoms with Gasteiger partial charge in [0.2, 0.25) is 5.90 Å². The molecule has 1 aromatic carbocycles. The Morgan fingerprint density at radius 2 is 2.08 bits per heavy atom. The summed E-state index contributed by atoms with van der Waals surface area (Å²) >= 11 is 0. The van der Waals surface area contributed by atoms with Crippen LogP contribution >= 0.6 is 0 Å². The van der Waals surface area contributed by atoms with Crippen molar-refractivity contribution in [1.29, 1.82) is 0 Å². The topological polar surface area (TPSA) is 52.9 Å². The largest absolute Gasteiger partial charge is 0.493 e. The molecule has 0 aliphatic carbocycles. The number of aliphatic imine (C=N–C) groups is 1. The number of methoxy groups -OCH3 is 1. The summed E-state index contributed by atoms with van der Waals surface area (Å²) < 4.78 is 17.3. The number of rotatable bonds is 8. The normalized spacial score (nSPS) is 16.2. The van der Waals surface area contributed by atoms with Crippen LogP contribution in [0.2, 0.25) is 0 Å². The fraction of sp³-hybridized carbons (Fsp3) is 0.400. The van der Waals surface area contributed by atoms with E-state index in [0.29, 0.717) is 19.0 Å². The van der Waals surface area contributed by atoms with Crippen molar-refractivity contribution < 1.29 is 14.2 Å². The lowest BCUT2D eigenvalue weighted by atomic mass is 10.2. The van der Waals surface area contributed by atoms with E-state index in [1.165, 1.54) is 6.42 Å². The molecule has 0 saturated heterocycles. The van der Waals surface area contributed by atoms with Crippen LogP contribution in [0, 0.1) is 0 Å². The lowest BCUT2D eigenvalue weighted by molar-refractivity contribution is 0.225. The van der Waals surface area contributed by atoms with Gasteiger partial charge in [-0.2, -0.15) is 0 Å². The number of ether oxygens (including phenoxy) is 3. The molecule has 0 bridgehead atoms. The first-order valence-corrected chi connectivity index (χ1v) is 8.75. The molecule has 0 N–H and O–H groups in total. The molecule has 5 heteroatoms. The molecule has 0 fully saturated rings. The average molecular weight is 340 g/mol. The highest BCUT2D eigenvalue weighted by Crippen LogP contribution is 2.31. The van der Waals surface area contributed by atoms with Crippen LogP contribution in [0.1, 0.15) is 43.5 Å². The van der Waals surface area contributed by atoms with Gasteiger partial charge in [-0.15, -0.1) is 0 Å². The van der Waals surface area contributed by atoms with Gasteiger partial charge in [0.25, 0.3) is 0 Å². The van der Waals surface area contributed by atoms with Crippen molar-refractivity contribution in [2.24, 2.45) is 4.99 Å². The minimum atomic E-state index is -0.132. The zero-order valence-corrected chi connectivity index (χ0v) is 14.8. The molecule has 0 radical (unpaired) electrons. The van der Waals surface area contributed by atoms with Crippen LogP contribution in [0.15, 0.2) is 47.6 Å². The molecule has 0 spiro atoms. The summed E-state index contributed by atoms with van der Waals surface area (Å²) in [5.41, 5.74) is 1.79. The molecule has 1 unspecified atom stereocenters. The zero-order chi connectivity index (χ0) is 17.5. The van der Waals surface area contributed by atoms with Gasteiger partial charge in [0.1, 0.15) is 0 Å². The molecule has 1 atom stereocenters. The summed E-state index contributed by atoms with van der Waals surface area (Å²) in [7, 11) is 1.65. The Labute approximate surface area is 148 Å². The van der Waals surface area contributed by atoms with Crippen LogP contribution in [0.5, 0.6) is 11.5 Å². The van der Waals surface area contributed by atoms with Gasteiger partial charge in [-0.1, -0.05) is 25.8 Å². The number of pyridine rings is 1. The Hall–Kier alpha value is -2.56. The van der Waals surface area contributed by atoms with Gasteiger partial charge in [0.15, 0.2) is 17.6 Å². The molecule has 0 saturated carbocycles. The van der Waals surface area contributed by atoms with Crippen molar-refractivity contribution in [3.05, 3.63) is 53.9 Å². The lowest BCUT2D eigenvalue weighted by Gasteiger charge is -2.13. The van der Waals surface area contributed by atoms with Crippen LogP contribution < -0.4 is 9.47 Å². The molecule has 5 nitrogen and oxygen atoms in total. The van der Waals surface area contributed by atoms with Crippen molar-refractivity contribution in [2.45, 2.75) is 32.3 Å². The molecule has 1 aromatic heterocycles. The monoisotopic (exact) mass is 340 g/mol. The predicted octanol–water partition coefficient (Wildman–Crippen LogP) is 4.18. The van der Waals surface area contributed by atoms with Gasteiger partial charge in [0, 0.05) is 11.8 Å². The molecular formula is C20H24N2O3. The van der Waals surface area contributed by atoms with Gasteiger partial charge < -0.3 is 14.2 Å². The van der Waals surface area contributed by atoms with E-state index in [9.17, 15) is 0 Å². The van der Waals surface area contributed by atoms with Crippen molar-refractivity contribution in [3.63, 3.8) is 0 Å². The van der Waals surface area contributed by atoms with E-state index in [4.69, 9.17) is 14.2 Å². The summed E-state index contributed by atoms with van der Waals surface area (Å²) in [5, 5.41) is 0. The van der Waals surface area contributed by atoms with E-state index in [2.05, 4.69) is 16.9 Å². The number of hydrogen-bond donors (Lipinski definition) is 0. The fourth-order valence-electron chi connectivity index (χ4n) is 2.71. The van der Waals surface area contributed by atoms with Crippen molar-refractivity contribution in [2.75, 3.05) is 20.3 Å². The highest BCUT2D eigenvalue weighted by Gasteiger charge is 2.24. The maximum absolute atomic E-state index is 6.00. The summed E-state index contributed by atoms with van der Waals surface area (Å²) in [6.45, 7) is 3.43. The number of benzene rings is 1. The minimum absolute atomic E-state index is 0.132. The lowest BCUT2D eigenvalue weighted by Crippen LogP contribution is -2.08. The van der Waals surface area contributed by atoms with Crippen molar-refractivity contribution >= 4 is 5.90 Å². The SMILES string of the molecule is CCCCCOc1cc(C2=NCC(c3ccccn3)O2)ccc1OC. The van der Waals surface area contributed by atoms with E-state index in [0.717, 1.165) is 35.6 Å². The summed E-state index contributed by atoms with van der Waals surface area (Å²) in [6, 6.07) is 11.6. The van der Waals surface area contributed by atoms with Gasteiger partial charge in [-0.25, -0.2) is 4.99 Å². The van der Waals surface area contributed by atoms with Gasteiger partial charge in [-0.3, -0.25) is 4.98 Å². The fourth-order valence-corrected chi connectivity index (χ4v) is 2.71. The zero-order valence-electron chi connectivity index (χ0n) is 14.8. The Morgan fingerprint density at radius 1 is 1.16 bits per heavy atom. The Bertz CT molecular complexity index is 716. The summed E-state index contributed by atoms with van der Waals surface area (Å²) in [6.07, 6.45) is 4.99. The van der Waals surface area contributed by atoms with E-state index >= 15 is 0 Å². The molecule has 2 heterocycles. The van der Waals surface area contributed by atoms with Gasteiger partial charge in [-0.05, 0) is 36.8 Å². The average Bonchev–Trinajstić information content (AvgIpc) is 3.16. The number of hydrogen-bond acceptors (Lipinski definition) is 5. The third kappa shape index (κ3) is 4.29. The molecule has 132 valence electrons. The summed E-state index contributed by atoms with van der Waals surface area (Å²) in [5.74, 6) is 2.07. The molecule has 25 heavy (non-hydrogen) atoms.